The van der Waals surface area contributed by atoms with Crippen LogP contribution in [0.25, 0.3) is 10.6 Å². The molecule has 8 nitrogen and oxygen atoms in total. The predicted molar refractivity (Wildman–Crippen MR) is 121 cm³/mol. The van der Waals surface area contributed by atoms with E-state index in [1.807, 2.05) is 24.4 Å². The van der Waals surface area contributed by atoms with E-state index in [4.69, 9.17) is 9.88 Å². The largest absolute Gasteiger partial charge is 0.452 e. The first-order valence-electron chi connectivity index (χ1n) is 9.81. The maximum Gasteiger partial charge on any atom is 0.340 e. The second kappa shape index (κ2) is 8.45. The lowest BCUT2D eigenvalue weighted by molar-refractivity contribution is -0.122. The van der Waals surface area contributed by atoms with Crippen molar-refractivity contribution in [2.45, 2.75) is 31.2 Å². The number of carbonyl (C=O) groups is 2. The number of aryl methyl sites for hydroxylation is 1. The van der Waals surface area contributed by atoms with Gasteiger partial charge in [0.05, 0.1) is 26.7 Å². The highest BCUT2D eigenvalue weighted by Gasteiger charge is 2.32. The fraction of sp³-hybridized carbons (Fsp3) is 0.227. The molecule has 1 unspecified atom stereocenters. The van der Waals surface area contributed by atoms with Crippen LogP contribution in [-0.2, 0) is 26.0 Å². The third-order valence-corrected chi connectivity index (χ3v) is 7.07. The molecule has 1 aliphatic rings. The number of primary sulfonamides is 1. The van der Waals surface area contributed by atoms with Gasteiger partial charge < -0.3 is 9.64 Å². The van der Waals surface area contributed by atoms with E-state index in [2.05, 4.69) is 4.98 Å². The molecule has 1 atom stereocenters. The van der Waals surface area contributed by atoms with Gasteiger partial charge in [-0.2, -0.15) is 0 Å². The average Bonchev–Trinajstić information content (AvgIpc) is 3.37. The van der Waals surface area contributed by atoms with Crippen LogP contribution < -0.4 is 10.0 Å². The maximum atomic E-state index is 12.8. The normalized spacial score (nSPS) is 15.5. The lowest BCUT2D eigenvalue weighted by Crippen LogP contribution is -2.38. The van der Waals surface area contributed by atoms with Crippen molar-refractivity contribution in [1.29, 1.82) is 0 Å². The van der Waals surface area contributed by atoms with Gasteiger partial charge in [-0.25, -0.2) is 18.4 Å². The zero-order valence-corrected chi connectivity index (χ0v) is 19.1. The summed E-state index contributed by atoms with van der Waals surface area (Å²) in [5.41, 5.74) is 2.87. The number of hydrogen-bond donors (Lipinski definition) is 1. The average molecular weight is 472 g/mol. The quantitative estimate of drug-likeness (QED) is 0.572. The number of carbonyl (C=O) groups excluding carboxylic acids is 2. The van der Waals surface area contributed by atoms with Crippen molar-refractivity contribution in [2.75, 3.05) is 11.5 Å². The van der Waals surface area contributed by atoms with Crippen LogP contribution in [-0.4, -0.2) is 37.9 Å². The molecule has 0 aliphatic carbocycles. The van der Waals surface area contributed by atoms with Gasteiger partial charge in [-0.05, 0) is 67.6 Å². The number of hydrogen-bond acceptors (Lipinski definition) is 7. The molecule has 10 heteroatoms. The summed E-state index contributed by atoms with van der Waals surface area (Å²) in [6.45, 7) is 3.12. The highest BCUT2D eigenvalue weighted by atomic mass is 32.2. The molecule has 166 valence electrons. The van der Waals surface area contributed by atoms with Crippen LogP contribution in [0.15, 0.2) is 52.7 Å². The first-order chi connectivity index (χ1) is 15.1. The van der Waals surface area contributed by atoms with Crippen molar-refractivity contribution < 1.29 is 22.7 Å². The molecule has 1 aromatic carbocycles. The Kier molecular flexibility index (Phi) is 5.85. The molecule has 3 heterocycles. The summed E-state index contributed by atoms with van der Waals surface area (Å²) in [4.78, 5) is 32.4. The number of rotatable bonds is 5. The molecule has 3 aromatic rings. The van der Waals surface area contributed by atoms with Crippen LogP contribution in [0.4, 0.5) is 5.69 Å². The van der Waals surface area contributed by atoms with E-state index in [0.29, 0.717) is 28.9 Å². The molecule has 4 rings (SSSR count). The van der Waals surface area contributed by atoms with Gasteiger partial charge in [0.15, 0.2) is 6.61 Å². The summed E-state index contributed by atoms with van der Waals surface area (Å²) in [6.07, 6.45) is 0.478. The Morgan fingerprint density at radius 1 is 1.25 bits per heavy atom. The van der Waals surface area contributed by atoms with E-state index in [0.717, 1.165) is 10.6 Å². The van der Waals surface area contributed by atoms with E-state index >= 15 is 0 Å². The number of nitrogens with zero attached hydrogens (tertiary/aromatic N) is 2. The summed E-state index contributed by atoms with van der Waals surface area (Å²) >= 11 is 1.55. The Morgan fingerprint density at radius 2 is 2.03 bits per heavy atom. The van der Waals surface area contributed by atoms with Crippen LogP contribution in [0, 0.1) is 6.92 Å². The molecule has 0 spiro atoms. The zero-order chi connectivity index (χ0) is 23.0. The Hall–Kier alpha value is -3.08. The first kappa shape index (κ1) is 22.1. The monoisotopic (exact) mass is 471 g/mol. The molecule has 2 N–H and O–H groups in total. The fourth-order valence-corrected chi connectivity index (χ4v) is 5.04. The topological polar surface area (TPSA) is 120 Å². The molecule has 0 saturated carbocycles. The third kappa shape index (κ3) is 4.29. The standard InChI is InChI=1S/C22H21N3O5S2/c1-13-10-15-11-16(32(23,28)29)5-8-19(15)25(13)21(26)12-30-22(27)17-6-7-18(24-14(17)2)20-4-3-9-31-20/h3-9,11,13H,10,12H2,1-2H3,(H2,23,28,29). The minimum absolute atomic E-state index is 0.00172. The summed E-state index contributed by atoms with van der Waals surface area (Å²) < 4.78 is 28.5. The van der Waals surface area contributed by atoms with Crippen molar-refractivity contribution in [3.8, 4) is 10.6 Å². The van der Waals surface area contributed by atoms with Gasteiger partial charge in [-0.3, -0.25) is 9.78 Å². The molecule has 1 amide bonds. The van der Waals surface area contributed by atoms with Gasteiger partial charge in [-0.1, -0.05) is 6.07 Å². The Bertz CT molecular complexity index is 1300. The third-order valence-electron chi connectivity index (χ3n) is 5.27. The second-order valence-corrected chi connectivity index (χ2v) is 10.0. The molecular formula is C22H21N3O5S2. The number of nitrogens with two attached hydrogens (primary N) is 1. The van der Waals surface area contributed by atoms with Crippen LogP contribution in [0.5, 0.6) is 0 Å². The minimum atomic E-state index is -3.83. The molecule has 1 aliphatic heterocycles. The van der Waals surface area contributed by atoms with Crippen LogP contribution in [0.3, 0.4) is 0 Å². The molecular weight excluding hydrogens is 450 g/mol. The van der Waals surface area contributed by atoms with Crippen molar-refractivity contribution in [1.82, 2.24) is 4.98 Å². The van der Waals surface area contributed by atoms with E-state index in [1.54, 1.807) is 36.5 Å². The number of ether oxygens (including phenoxy) is 1. The van der Waals surface area contributed by atoms with E-state index in [1.165, 1.54) is 17.0 Å². The van der Waals surface area contributed by atoms with Crippen LogP contribution in [0.1, 0.15) is 28.5 Å². The van der Waals surface area contributed by atoms with Crippen molar-refractivity contribution in [2.24, 2.45) is 5.14 Å². The highest BCUT2D eigenvalue weighted by Crippen LogP contribution is 2.34. The molecule has 0 fully saturated rings. The molecule has 2 aromatic heterocycles. The number of fused-ring (bicyclic) bond motifs is 1. The van der Waals surface area contributed by atoms with E-state index in [-0.39, 0.29) is 10.9 Å². The number of anilines is 1. The number of amides is 1. The number of esters is 1. The molecule has 0 saturated heterocycles. The lowest BCUT2D eigenvalue weighted by atomic mass is 10.1. The van der Waals surface area contributed by atoms with Gasteiger partial charge in [0.25, 0.3) is 5.91 Å². The van der Waals surface area contributed by atoms with Gasteiger partial charge in [-0.15, -0.1) is 11.3 Å². The van der Waals surface area contributed by atoms with E-state index < -0.39 is 28.5 Å². The maximum absolute atomic E-state index is 12.8. The second-order valence-electron chi connectivity index (χ2n) is 7.54. The number of benzene rings is 1. The van der Waals surface area contributed by atoms with Crippen LogP contribution in [0.2, 0.25) is 0 Å². The van der Waals surface area contributed by atoms with E-state index in [9.17, 15) is 18.0 Å². The van der Waals surface area contributed by atoms with Crippen LogP contribution >= 0.6 is 11.3 Å². The lowest BCUT2D eigenvalue weighted by Gasteiger charge is -2.22. The number of pyridine rings is 1. The predicted octanol–water partition coefficient (Wildman–Crippen LogP) is 2.90. The fourth-order valence-electron chi connectivity index (χ4n) is 3.78. The van der Waals surface area contributed by atoms with Gasteiger partial charge in [0, 0.05) is 11.7 Å². The van der Waals surface area contributed by atoms with Gasteiger partial charge >= 0.3 is 5.97 Å². The summed E-state index contributed by atoms with van der Waals surface area (Å²) in [6, 6.07) is 11.5. The van der Waals surface area contributed by atoms with Crippen molar-refractivity contribution >= 4 is 38.9 Å². The molecule has 32 heavy (non-hydrogen) atoms. The van der Waals surface area contributed by atoms with Crippen molar-refractivity contribution in [3.05, 3.63) is 64.7 Å². The summed E-state index contributed by atoms with van der Waals surface area (Å²) in [5.74, 6) is -1.02. The Labute approximate surface area is 189 Å². The molecule has 0 radical (unpaired) electrons. The van der Waals surface area contributed by atoms with Crippen molar-refractivity contribution in [3.63, 3.8) is 0 Å². The SMILES string of the molecule is Cc1nc(-c2cccs2)ccc1C(=O)OCC(=O)N1c2ccc(S(N)(=O)=O)cc2CC1C. The Balaban J connectivity index is 1.46. The Morgan fingerprint density at radius 3 is 2.69 bits per heavy atom. The minimum Gasteiger partial charge on any atom is -0.452 e. The highest BCUT2D eigenvalue weighted by molar-refractivity contribution is 7.89. The van der Waals surface area contributed by atoms with Gasteiger partial charge in [0.2, 0.25) is 10.0 Å². The first-order valence-corrected chi connectivity index (χ1v) is 12.2. The number of thiophene rings is 1. The number of aromatic nitrogens is 1. The number of sulfonamides is 1. The summed E-state index contributed by atoms with van der Waals surface area (Å²) in [7, 11) is -3.83. The summed E-state index contributed by atoms with van der Waals surface area (Å²) in [5, 5.41) is 7.15. The molecule has 0 bridgehead atoms. The smallest absolute Gasteiger partial charge is 0.340 e. The zero-order valence-electron chi connectivity index (χ0n) is 17.4. The van der Waals surface area contributed by atoms with Gasteiger partial charge in [0.1, 0.15) is 0 Å².